The van der Waals surface area contributed by atoms with E-state index in [9.17, 15) is 14.4 Å². The second kappa shape index (κ2) is 3.72. The molecular formula is C11H17N3O3. The standard InChI is InChI=1S/C11H17N3O3/c1-11(2,3)9(16)13-5-7(6-13)14-8(15)4-12-10(14)17/h7H,4-6H2,1-3H3,(H,12,17). The highest BCUT2D eigenvalue weighted by Crippen LogP contribution is 2.24. The van der Waals surface area contributed by atoms with E-state index >= 15 is 0 Å². The number of nitrogens with zero attached hydrogens (tertiary/aromatic N) is 2. The molecule has 0 spiro atoms. The highest BCUT2D eigenvalue weighted by atomic mass is 16.2. The summed E-state index contributed by atoms with van der Waals surface area (Å²) in [5.74, 6) is -0.149. The van der Waals surface area contributed by atoms with Crippen molar-refractivity contribution >= 4 is 17.8 Å². The van der Waals surface area contributed by atoms with Gasteiger partial charge in [-0.15, -0.1) is 0 Å². The Morgan fingerprint density at radius 2 is 1.88 bits per heavy atom. The van der Waals surface area contributed by atoms with Crippen LogP contribution in [0.4, 0.5) is 4.79 Å². The molecule has 2 aliphatic heterocycles. The van der Waals surface area contributed by atoms with Gasteiger partial charge in [0, 0.05) is 18.5 Å². The fraction of sp³-hybridized carbons (Fsp3) is 0.727. The molecule has 6 nitrogen and oxygen atoms in total. The van der Waals surface area contributed by atoms with E-state index in [1.54, 1.807) is 4.90 Å². The predicted molar refractivity (Wildman–Crippen MR) is 60.1 cm³/mol. The lowest BCUT2D eigenvalue weighted by molar-refractivity contribution is -0.148. The molecule has 2 rings (SSSR count). The van der Waals surface area contributed by atoms with Gasteiger partial charge in [0.05, 0.1) is 12.6 Å². The molecule has 0 unspecified atom stereocenters. The Bertz CT molecular complexity index is 364. The minimum absolute atomic E-state index is 0.0563. The Balaban J connectivity index is 1.93. The highest BCUT2D eigenvalue weighted by Gasteiger charge is 2.44. The lowest BCUT2D eigenvalue weighted by atomic mass is 9.92. The second-order valence-corrected chi connectivity index (χ2v) is 5.54. The third-order valence-corrected chi connectivity index (χ3v) is 3.03. The lowest BCUT2D eigenvalue weighted by Crippen LogP contribution is -2.64. The average molecular weight is 239 g/mol. The molecule has 0 aromatic heterocycles. The van der Waals surface area contributed by atoms with Crippen LogP contribution >= 0.6 is 0 Å². The predicted octanol–water partition coefficient (Wildman–Crippen LogP) is -0.205. The van der Waals surface area contributed by atoms with E-state index in [0.29, 0.717) is 13.1 Å². The molecule has 0 atom stereocenters. The van der Waals surface area contributed by atoms with Gasteiger partial charge in [0.2, 0.25) is 11.8 Å². The van der Waals surface area contributed by atoms with Crippen molar-refractivity contribution in [2.45, 2.75) is 26.8 Å². The summed E-state index contributed by atoms with van der Waals surface area (Å²) in [7, 11) is 0. The molecule has 0 bridgehead atoms. The molecule has 2 fully saturated rings. The number of carbonyl (C=O) groups is 3. The quantitative estimate of drug-likeness (QED) is 0.644. The lowest BCUT2D eigenvalue weighted by Gasteiger charge is -2.44. The zero-order valence-corrected chi connectivity index (χ0v) is 10.3. The van der Waals surface area contributed by atoms with Crippen LogP contribution in [-0.4, -0.2) is 53.3 Å². The summed E-state index contributed by atoms with van der Waals surface area (Å²) in [6, 6.07) is -0.501. The summed E-state index contributed by atoms with van der Waals surface area (Å²) in [6.07, 6.45) is 0. The third-order valence-electron chi connectivity index (χ3n) is 3.03. The maximum atomic E-state index is 11.9. The molecule has 0 aromatic rings. The molecule has 0 aliphatic carbocycles. The summed E-state index contributed by atoms with van der Waals surface area (Å²) in [5.41, 5.74) is -0.414. The smallest absolute Gasteiger partial charge is 0.324 e. The molecule has 94 valence electrons. The van der Waals surface area contributed by atoms with Crippen LogP contribution in [-0.2, 0) is 9.59 Å². The van der Waals surface area contributed by atoms with Crippen LogP contribution < -0.4 is 5.32 Å². The van der Waals surface area contributed by atoms with E-state index in [4.69, 9.17) is 0 Å². The maximum absolute atomic E-state index is 11.9. The maximum Gasteiger partial charge on any atom is 0.324 e. The molecule has 2 aliphatic rings. The summed E-state index contributed by atoms with van der Waals surface area (Å²) < 4.78 is 0. The van der Waals surface area contributed by atoms with Crippen molar-refractivity contribution in [3.05, 3.63) is 0 Å². The van der Waals surface area contributed by atoms with Gasteiger partial charge in [-0.25, -0.2) is 4.79 Å². The molecule has 4 amide bonds. The van der Waals surface area contributed by atoms with Gasteiger partial charge in [-0.05, 0) is 0 Å². The first-order chi connectivity index (χ1) is 7.80. The summed E-state index contributed by atoms with van der Waals surface area (Å²) in [5, 5.41) is 2.48. The van der Waals surface area contributed by atoms with Crippen LogP contribution in [0.25, 0.3) is 0 Å². The van der Waals surface area contributed by atoms with Gasteiger partial charge in [-0.1, -0.05) is 20.8 Å². The first kappa shape index (κ1) is 11.9. The van der Waals surface area contributed by atoms with Crippen LogP contribution in [0.2, 0.25) is 0 Å². The van der Waals surface area contributed by atoms with Crippen molar-refractivity contribution in [1.29, 1.82) is 0 Å². The minimum atomic E-state index is -0.414. The minimum Gasteiger partial charge on any atom is -0.338 e. The molecule has 0 saturated carbocycles. The fourth-order valence-corrected chi connectivity index (χ4v) is 2.06. The first-order valence-electron chi connectivity index (χ1n) is 5.70. The van der Waals surface area contributed by atoms with Crippen molar-refractivity contribution in [1.82, 2.24) is 15.1 Å². The Labute approximate surface area is 99.9 Å². The van der Waals surface area contributed by atoms with Crippen molar-refractivity contribution in [3.63, 3.8) is 0 Å². The van der Waals surface area contributed by atoms with Gasteiger partial charge in [-0.2, -0.15) is 0 Å². The van der Waals surface area contributed by atoms with Gasteiger partial charge in [-0.3, -0.25) is 14.5 Å². The number of amides is 4. The zero-order valence-electron chi connectivity index (χ0n) is 10.3. The third kappa shape index (κ3) is 1.99. The Morgan fingerprint density at radius 3 is 2.29 bits per heavy atom. The number of carbonyl (C=O) groups excluding carboxylic acids is 3. The van der Waals surface area contributed by atoms with E-state index in [0.717, 1.165) is 0 Å². The second-order valence-electron chi connectivity index (χ2n) is 5.54. The zero-order chi connectivity index (χ0) is 12.8. The Morgan fingerprint density at radius 1 is 1.29 bits per heavy atom. The van der Waals surface area contributed by atoms with Gasteiger partial charge >= 0.3 is 6.03 Å². The number of hydrogen-bond acceptors (Lipinski definition) is 3. The monoisotopic (exact) mass is 239 g/mol. The van der Waals surface area contributed by atoms with E-state index in [1.165, 1.54) is 4.90 Å². The number of rotatable bonds is 1. The van der Waals surface area contributed by atoms with Crippen molar-refractivity contribution in [3.8, 4) is 0 Å². The molecule has 17 heavy (non-hydrogen) atoms. The van der Waals surface area contributed by atoms with E-state index < -0.39 is 5.41 Å². The SMILES string of the molecule is CC(C)(C)C(=O)N1CC(N2C(=O)CNC2=O)C1. The van der Waals surface area contributed by atoms with Crippen molar-refractivity contribution < 1.29 is 14.4 Å². The fourth-order valence-electron chi connectivity index (χ4n) is 2.06. The number of hydrogen-bond donors (Lipinski definition) is 1. The summed E-state index contributed by atoms with van der Waals surface area (Å²) >= 11 is 0. The van der Waals surface area contributed by atoms with Gasteiger partial charge in [0.25, 0.3) is 0 Å². The van der Waals surface area contributed by atoms with Crippen LogP contribution in [0.1, 0.15) is 20.8 Å². The van der Waals surface area contributed by atoms with Crippen LogP contribution in [0.3, 0.4) is 0 Å². The van der Waals surface area contributed by atoms with Gasteiger partial charge in [0.1, 0.15) is 0 Å². The topological polar surface area (TPSA) is 69.7 Å². The molecule has 6 heteroatoms. The summed E-state index contributed by atoms with van der Waals surface area (Å²) in [6.45, 7) is 6.55. The Kier molecular flexibility index (Phi) is 2.60. The van der Waals surface area contributed by atoms with E-state index in [1.807, 2.05) is 20.8 Å². The Hall–Kier alpha value is -1.59. The number of nitrogens with one attached hydrogen (secondary N) is 1. The highest BCUT2D eigenvalue weighted by molar-refractivity contribution is 6.02. The molecule has 1 N–H and O–H groups in total. The molecular weight excluding hydrogens is 222 g/mol. The van der Waals surface area contributed by atoms with E-state index in [2.05, 4.69) is 5.32 Å². The molecule has 0 aromatic carbocycles. The van der Waals surface area contributed by atoms with Gasteiger partial charge < -0.3 is 10.2 Å². The van der Waals surface area contributed by atoms with Crippen molar-refractivity contribution in [2.75, 3.05) is 19.6 Å². The first-order valence-corrected chi connectivity index (χ1v) is 5.70. The molecule has 0 radical (unpaired) electrons. The average Bonchev–Trinajstić information content (AvgIpc) is 2.45. The van der Waals surface area contributed by atoms with E-state index in [-0.39, 0.29) is 30.4 Å². The molecule has 2 heterocycles. The van der Waals surface area contributed by atoms with Gasteiger partial charge in [0.15, 0.2) is 0 Å². The van der Waals surface area contributed by atoms with Crippen LogP contribution in [0, 0.1) is 5.41 Å². The van der Waals surface area contributed by atoms with Crippen LogP contribution in [0.5, 0.6) is 0 Å². The van der Waals surface area contributed by atoms with Crippen LogP contribution in [0.15, 0.2) is 0 Å². The number of urea groups is 1. The number of imide groups is 1. The number of likely N-dealkylation sites (tertiary alicyclic amines) is 1. The summed E-state index contributed by atoms with van der Waals surface area (Å²) in [4.78, 5) is 37.6. The normalized spacial score (nSPS) is 21.6. The molecule has 2 saturated heterocycles. The van der Waals surface area contributed by atoms with Crippen molar-refractivity contribution in [2.24, 2.45) is 5.41 Å². The largest absolute Gasteiger partial charge is 0.338 e.